The van der Waals surface area contributed by atoms with Gasteiger partial charge in [0.1, 0.15) is 0 Å². The molecule has 0 radical (unpaired) electrons. The topological polar surface area (TPSA) is 77.8 Å². The fourth-order valence-corrected chi connectivity index (χ4v) is 3.02. The zero-order valence-electron chi connectivity index (χ0n) is 12.0. The lowest BCUT2D eigenvalue weighted by molar-refractivity contribution is -0.123. The Morgan fingerprint density at radius 3 is 2.43 bits per heavy atom. The van der Waals surface area contributed by atoms with Gasteiger partial charge in [-0.05, 0) is 41.1 Å². The van der Waals surface area contributed by atoms with E-state index in [0.717, 1.165) is 17.3 Å². The minimum atomic E-state index is -0.364. The van der Waals surface area contributed by atoms with Crippen LogP contribution in [-0.2, 0) is 11.3 Å². The number of imide groups is 1. The van der Waals surface area contributed by atoms with Crippen LogP contribution in [0.3, 0.4) is 0 Å². The lowest BCUT2D eigenvalue weighted by atomic mass is 10.2. The van der Waals surface area contributed by atoms with Crippen LogP contribution >= 0.6 is 11.8 Å². The first kappa shape index (κ1) is 15.2. The highest BCUT2D eigenvalue weighted by atomic mass is 32.2. The normalized spacial score (nSPS) is 16.3. The Labute approximate surface area is 136 Å². The SMILES string of the molecule is O=C1S/C(=C\c2ccc(O)c(O)c2)C(=O)N1Cc1ccccc1. The monoisotopic (exact) mass is 327 g/mol. The Morgan fingerprint density at radius 1 is 1.00 bits per heavy atom. The van der Waals surface area contributed by atoms with Crippen molar-refractivity contribution >= 4 is 29.0 Å². The lowest BCUT2D eigenvalue weighted by Crippen LogP contribution is -2.27. The van der Waals surface area contributed by atoms with E-state index in [1.165, 1.54) is 23.1 Å². The Morgan fingerprint density at radius 2 is 1.74 bits per heavy atom. The second-order valence-corrected chi connectivity index (χ2v) is 5.99. The summed E-state index contributed by atoms with van der Waals surface area (Å²) in [5.74, 6) is -0.877. The average Bonchev–Trinajstić information content (AvgIpc) is 2.80. The molecule has 1 heterocycles. The molecule has 2 aromatic carbocycles. The van der Waals surface area contributed by atoms with Gasteiger partial charge in [-0.1, -0.05) is 36.4 Å². The summed E-state index contributed by atoms with van der Waals surface area (Å²) < 4.78 is 0. The molecule has 1 saturated heterocycles. The first-order valence-corrected chi connectivity index (χ1v) is 7.67. The predicted octanol–water partition coefficient (Wildman–Crippen LogP) is 3.33. The van der Waals surface area contributed by atoms with Gasteiger partial charge < -0.3 is 10.2 Å². The Bertz CT molecular complexity index is 801. The van der Waals surface area contributed by atoms with Crippen LogP contribution in [0.4, 0.5) is 4.79 Å². The first-order chi connectivity index (χ1) is 11.0. The van der Waals surface area contributed by atoms with Crippen LogP contribution in [0.15, 0.2) is 53.4 Å². The number of phenolic OH excluding ortho intramolecular Hbond substituents is 2. The van der Waals surface area contributed by atoms with E-state index in [0.29, 0.717) is 5.56 Å². The highest BCUT2D eigenvalue weighted by Crippen LogP contribution is 2.34. The molecule has 3 rings (SSSR count). The standard InChI is InChI=1S/C17H13NO4S/c19-13-7-6-12(8-14(13)20)9-15-16(21)18(17(22)23-15)10-11-4-2-1-3-5-11/h1-9,19-20H,10H2/b15-9-. The number of thioether (sulfide) groups is 1. The largest absolute Gasteiger partial charge is 0.504 e. The fourth-order valence-electron chi connectivity index (χ4n) is 2.18. The van der Waals surface area contributed by atoms with E-state index in [1.807, 2.05) is 30.3 Å². The second-order valence-electron chi connectivity index (χ2n) is 5.00. The minimum absolute atomic E-state index is 0.226. The van der Waals surface area contributed by atoms with Gasteiger partial charge in [0, 0.05) is 0 Å². The molecule has 6 heteroatoms. The minimum Gasteiger partial charge on any atom is -0.504 e. The number of aromatic hydroxyl groups is 2. The van der Waals surface area contributed by atoms with Gasteiger partial charge in [0.05, 0.1) is 11.4 Å². The number of carbonyl (C=O) groups is 2. The number of phenols is 2. The van der Waals surface area contributed by atoms with Gasteiger partial charge in [-0.2, -0.15) is 0 Å². The molecule has 2 amide bonds. The quantitative estimate of drug-likeness (QED) is 0.668. The van der Waals surface area contributed by atoms with Gasteiger partial charge in [-0.15, -0.1) is 0 Å². The van der Waals surface area contributed by atoms with Crippen molar-refractivity contribution in [1.82, 2.24) is 4.90 Å². The average molecular weight is 327 g/mol. The third kappa shape index (κ3) is 3.22. The number of nitrogens with zero attached hydrogens (tertiary/aromatic N) is 1. The van der Waals surface area contributed by atoms with E-state index >= 15 is 0 Å². The van der Waals surface area contributed by atoms with Crippen LogP contribution in [-0.4, -0.2) is 26.3 Å². The maximum absolute atomic E-state index is 12.4. The third-order valence-electron chi connectivity index (χ3n) is 3.35. The summed E-state index contributed by atoms with van der Waals surface area (Å²) >= 11 is 0.860. The van der Waals surface area contributed by atoms with E-state index in [2.05, 4.69) is 0 Å². The summed E-state index contributed by atoms with van der Waals surface area (Å²) in [6.45, 7) is 0.226. The summed E-state index contributed by atoms with van der Waals surface area (Å²) in [5, 5.41) is 18.5. The van der Waals surface area contributed by atoms with E-state index in [4.69, 9.17) is 0 Å². The highest BCUT2D eigenvalue weighted by molar-refractivity contribution is 8.18. The molecule has 0 aliphatic carbocycles. The third-order valence-corrected chi connectivity index (χ3v) is 4.26. The van der Waals surface area contributed by atoms with Crippen LogP contribution < -0.4 is 0 Å². The molecule has 2 N–H and O–H groups in total. The summed E-state index contributed by atoms with van der Waals surface area (Å²) in [4.78, 5) is 25.9. The van der Waals surface area contributed by atoms with Crippen molar-refractivity contribution in [3.8, 4) is 11.5 Å². The van der Waals surface area contributed by atoms with E-state index in [9.17, 15) is 19.8 Å². The molecule has 0 spiro atoms. The number of hydrogen-bond acceptors (Lipinski definition) is 5. The molecule has 1 fully saturated rings. The molecule has 2 aromatic rings. The van der Waals surface area contributed by atoms with Gasteiger partial charge in [0.15, 0.2) is 11.5 Å². The second kappa shape index (κ2) is 6.18. The fraction of sp³-hybridized carbons (Fsp3) is 0.0588. The molecular weight excluding hydrogens is 314 g/mol. The first-order valence-electron chi connectivity index (χ1n) is 6.86. The number of amides is 2. The molecule has 0 bridgehead atoms. The highest BCUT2D eigenvalue weighted by Gasteiger charge is 2.34. The molecule has 1 aliphatic heterocycles. The summed E-state index contributed by atoms with van der Waals surface area (Å²) in [7, 11) is 0. The number of rotatable bonds is 3. The van der Waals surface area contributed by atoms with Gasteiger partial charge in [-0.25, -0.2) is 0 Å². The molecule has 1 aliphatic rings. The summed E-state index contributed by atoms with van der Waals surface area (Å²) in [6, 6.07) is 13.5. The maximum Gasteiger partial charge on any atom is 0.293 e. The Kier molecular flexibility index (Phi) is 4.08. The molecule has 0 unspecified atom stereocenters. The maximum atomic E-state index is 12.4. The smallest absolute Gasteiger partial charge is 0.293 e. The lowest BCUT2D eigenvalue weighted by Gasteiger charge is -2.12. The van der Waals surface area contributed by atoms with Gasteiger partial charge in [0.25, 0.3) is 11.1 Å². The van der Waals surface area contributed by atoms with Crippen molar-refractivity contribution in [2.45, 2.75) is 6.54 Å². The predicted molar refractivity (Wildman–Crippen MR) is 87.7 cm³/mol. The number of benzene rings is 2. The van der Waals surface area contributed by atoms with Crippen LogP contribution in [0, 0.1) is 0 Å². The van der Waals surface area contributed by atoms with Crippen molar-refractivity contribution in [1.29, 1.82) is 0 Å². The number of hydrogen-bond donors (Lipinski definition) is 2. The van der Waals surface area contributed by atoms with Crippen LogP contribution in [0.25, 0.3) is 6.08 Å². The van der Waals surface area contributed by atoms with E-state index < -0.39 is 0 Å². The van der Waals surface area contributed by atoms with E-state index in [-0.39, 0.29) is 34.1 Å². The van der Waals surface area contributed by atoms with Crippen LogP contribution in [0.1, 0.15) is 11.1 Å². The van der Waals surface area contributed by atoms with Crippen molar-refractivity contribution in [3.63, 3.8) is 0 Å². The molecule has 23 heavy (non-hydrogen) atoms. The van der Waals surface area contributed by atoms with Gasteiger partial charge in [-0.3, -0.25) is 14.5 Å². The van der Waals surface area contributed by atoms with Crippen molar-refractivity contribution < 1.29 is 19.8 Å². The molecule has 5 nitrogen and oxygen atoms in total. The van der Waals surface area contributed by atoms with Crippen molar-refractivity contribution in [2.24, 2.45) is 0 Å². The van der Waals surface area contributed by atoms with Crippen LogP contribution in [0.5, 0.6) is 11.5 Å². The van der Waals surface area contributed by atoms with Crippen molar-refractivity contribution in [3.05, 3.63) is 64.6 Å². The molecule has 116 valence electrons. The summed E-state index contributed by atoms with van der Waals surface area (Å²) in [6.07, 6.45) is 1.52. The van der Waals surface area contributed by atoms with Crippen LogP contribution in [0.2, 0.25) is 0 Å². The Balaban J connectivity index is 1.83. The zero-order valence-corrected chi connectivity index (χ0v) is 12.8. The molecule has 0 atom stereocenters. The molecule has 0 aromatic heterocycles. The van der Waals surface area contributed by atoms with Gasteiger partial charge >= 0.3 is 0 Å². The van der Waals surface area contributed by atoms with E-state index in [1.54, 1.807) is 6.07 Å². The van der Waals surface area contributed by atoms with Crippen molar-refractivity contribution in [2.75, 3.05) is 0 Å². The zero-order chi connectivity index (χ0) is 16.4. The summed E-state index contributed by atoms with van der Waals surface area (Å²) in [5.41, 5.74) is 1.41. The molecular formula is C17H13NO4S. The number of carbonyl (C=O) groups excluding carboxylic acids is 2. The molecule has 0 saturated carbocycles. The van der Waals surface area contributed by atoms with Gasteiger partial charge in [0.2, 0.25) is 0 Å². The Hall–Kier alpha value is -2.73.